The van der Waals surface area contributed by atoms with Crippen molar-refractivity contribution in [1.29, 1.82) is 0 Å². The third-order valence-electron chi connectivity index (χ3n) is 4.28. The topological polar surface area (TPSA) is 72.7 Å². The average molecular weight is 376 g/mol. The SMILES string of the molecule is Cc1nn(-c2ccc(Cl)nn2)c2c1[C@@H](c1ccc(F)c(F)c1)CC(=O)N2. The van der Waals surface area contributed by atoms with E-state index in [1.807, 2.05) is 0 Å². The molecule has 2 aromatic heterocycles. The molecule has 9 heteroatoms. The molecule has 132 valence electrons. The summed E-state index contributed by atoms with van der Waals surface area (Å²) in [6, 6.07) is 6.83. The molecule has 0 radical (unpaired) electrons. The molecule has 3 heterocycles. The minimum Gasteiger partial charge on any atom is -0.310 e. The summed E-state index contributed by atoms with van der Waals surface area (Å²) in [4.78, 5) is 12.2. The Labute approximate surface area is 151 Å². The summed E-state index contributed by atoms with van der Waals surface area (Å²) < 4.78 is 28.4. The van der Waals surface area contributed by atoms with Crippen LogP contribution < -0.4 is 5.32 Å². The predicted octanol–water partition coefficient (Wildman–Crippen LogP) is 3.38. The number of amides is 1. The van der Waals surface area contributed by atoms with E-state index in [-0.39, 0.29) is 17.5 Å². The fraction of sp³-hybridized carbons (Fsp3) is 0.176. The van der Waals surface area contributed by atoms with Crippen LogP contribution in [0.25, 0.3) is 5.82 Å². The van der Waals surface area contributed by atoms with Crippen LogP contribution in [-0.2, 0) is 4.79 Å². The molecule has 0 saturated heterocycles. The van der Waals surface area contributed by atoms with Gasteiger partial charge in [-0.2, -0.15) is 9.78 Å². The summed E-state index contributed by atoms with van der Waals surface area (Å²) in [5.74, 6) is -1.77. The summed E-state index contributed by atoms with van der Waals surface area (Å²) in [6.07, 6.45) is 0.108. The van der Waals surface area contributed by atoms with E-state index >= 15 is 0 Å². The largest absolute Gasteiger partial charge is 0.310 e. The molecule has 0 unspecified atom stereocenters. The first-order valence-electron chi connectivity index (χ1n) is 7.78. The van der Waals surface area contributed by atoms with Crippen molar-refractivity contribution in [3.63, 3.8) is 0 Å². The van der Waals surface area contributed by atoms with E-state index in [1.54, 1.807) is 19.1 Å². The van der Waals surface area contributed by atoms with Crippen LogP contribution >= 0.6 is 11.6 Å². The minimum absolute atomic E-state index is 0.108. The second kappa shape index (κ2) is 6.14. The van der Waals surface area contributed by atoms with Crippen molar-refractivity contribution in [3.8, 4) is 5.82 Å². The van der Waals surface area contributed by atoms with Crippen molar-refractivity contribution in [1.82, 2.24) is 20.0 Å². The minimum atomic E-state index is -0.955. The number of nitrogens with zero attached hydrogens (tertiary/aromatic N) is 4. The Balaban J connectivity index is 1.86. The summed E-state index contributed by atoms with van der Waals surface area (Å²) in [6.45, 7) is 1.78. The number of benzene rings is 1. The van der Waals surface area contributed by atoms with Gasteiger partial charge in [0.2, 0.25) is 5.91 Å². The Kier molecular flexibility index (Phi) is 3.91. The number of aryl methyl sites for hydroxylation is 1. The lowest BCUT2D eigenvalue weighted by atomic mass is 9.86. The highest BCUT2D eigenvalue weighted by molar-refractivity contribution is 6.29. The summed E-state index contributed by atoms with van der Waals surface area (Å²) in [5.41, 5.74) is 1.88. The lowest BCUT2D eigenvalue weighted by molar-refractivity contribution is -0.116. The summed E-state index contributed by atoms with van der Waals surface area (Å²) in [5, 5.41) is 15.2. The Hall–Kier alpha value is -2.87. The monoisotopic (exact) mass is 375 g/mol. The number of rotatable bonds is 2. The highest BCUT2D eigenvalue weighted by Gasteiger charge is 2.33. The molecule has 3 aromatic rings. The highest BCUT2D eigenvalue weighted by atomic mass is 35.5. The number of hydrogen-bond acceptors (Lipinski definition) is 4. The quantitative estimate of drug-likeness (QED) is 0.745. The molecule has 0 aliphatic carbocycles. The van der Waals surface area contributed by atoms with Gasteiger partial charge in [-0.1, -0.05) is 17.7 Å². The number of carbonyl (C=O) groups excluding carboxylic acids is 1. The third kappa shape index (κ3) is 2.72. The van der Waals surface area contributed by atoms with E-state index in [2.05, 4.69) is 20.6 Å². The molecule has 1 aliphatic heterocycles. The zero-order chi connectivity index (χ0) is 18.4. The molecule has 1 N–H and O–H groups in total. The third-order valence-corrected chi connectivity index (χ3v) is 4.49. The first kappa shape index (κ1) is 16.6. The smallest absolute Gasteiger partial charge is 0.226 e. The van der Waals surface area contributed by atoms with Crippen molar-refractivity contribution in [2.24, 2.45) is 0 Å². The van der Waals surface area contributed by atoms with Crippen molar-refractivity contribution >= 4 is 23.3 Å². The standard InChI is InChI=1S/C17H12ClF2N5O/c1-8-16-10(9-2-3-11(19)12(20)6-9)7-15(26)21-17(16)25(24-8)14-5-4-13(18)22-23-14/h2-6,10H,7H2,1H3,(H,21,26)/t10-/m1/s1. The van der Waals surface area contributed by atoms with Gasteiger partial charge in [0.25, 0.3) is 0 Å². The number of fused-ring (bicyclic) bond motifs is 1. The van der Waals surface area contributed by atoms with E-state index in [4.69, 9.17) is 11.6 Å². The summed E-state index contributed by atoms with van der Waals surface area (Å²) >= 11 is 5.76. The van der Waals surface area contributed by atoms with Gasteiger partial charge in [-0.05, 0) is 36.8 Å². The predicted molar refractivity (Wildman–Crippen MR) is 90.3 cm³/mol. The van der Waals surface area contributed by atoms with E-state index in [9.17, 15) is 13.6 Å². The maximum atomic E-state index is 13.7. The maximum absolute atomic E-state index is 13.7. The van der Waals surface area contributed by atoms with Crippen LogP contribution in [0.3, 0.4) is 0 Å². The molecular weight excluding hydrogens is 364 g/mol. The Morgan fingerprint density at radius 2 is 2.00 bits per heavy atom. The molecule has 26 heavy (non-hydrogen) atoms. The van der Waals surface area contributed by atoms with E-state index < -0.39 is 17.6 Å². The van der Waals surface area contributed by atoms with Crippen molar-refractivity contribution in [3.05, 3.63) is 63.9 Å². The van der Waals surface area contributed by atoms with E-state index in [1.165, 1.54) is 10.7 Å². The van der Waals surface area contributed by atoms with Gasteiger partial charge in [-0.3, -0.25) is 4.79 Å². The molecule has 1 atom stereocenters. The van der Waals surface area contributed by atoms with Crippen molar-refractivity contribution in [2.75, 3.05) is 5.32 Å². The van der Waals surface area contributed by atoms with Gasteiger partial charge in [-0.15, -0.1) is 10.2 Å². The van der Waals surface area contributed by atoms with E-state index in [0.29, 0.717) is 22.9 Å². The first-order valence-corrected chi connectivity index (χ1v) is 8.15. The normalized spacial score (nSPS) is 16.3. The molecule has 0 fully saturated rings. The fourth-order valence-electron chi connectivity index (χ4n) is 3.15. The van der Waals surface area contributed by atoms with Crippen LogP contribution in [0.2, 0.25) is 5.15 Å². The van der Waals surface area contributed by atoms with Gasteiger partial charge in [0.15, 0.2) is 22.6 Å². The van der Waals surface area contributed by atoms with E-state index in [0.717, 1.165) is 17.7 Å². The van der Waals surface area contributed by atoms with Crippen LogP contribution in [-0.4, -0.2) is 25.9 Å². The Bertz CT molecular complexity index is 1020. The number of nitrogens with one attached hydrogen (secondary N) is 1. The molecule has 6 nitrogen and oxygen atoms in total. The highest BCUT2D eigenvalue weighted by Crippen LogP contribution is 2.40. The molecule has 0 bridgehead atoms. The van der Waals surface area contributed by atoms with Gasteiger partial charge in [0.05, 0.1) is 5.69 Å². The van der Waals surface area contributed by atoms with Crippen molar-refractivity contribution in [2.45, 2.75) is 19.3 Å². The van der Waals surface area contributed by atoms with Crippen LogP contribution in [0, 0.1) is 18.6 Å². The lowest BCUT2D eigenvalue weighted by Gasteiger charge is -2.24. The van der Waals surface area contributed by atoms with Crippen LogP contribution in [0.15, 0.2) is 30.3 Å². The molecule has 4 rings (SSSR count). The second-order valence-electron chi connectivity index (χ2n) is 5.95. The molecule has 1 amide bonds. The van der Waals surface area contributed by atoms with Crippen LogP contribution in [0.5, 0.6) is 0 Å². The zero-order valence-electron chi connectivity index (χ0n) is 13.5. The van der Waals surface area contributed by atoms with Crippen molar-refractivity contribution < 1.29 is 13.6 Å². The molecule has 1 aliphatic rings. The van der Waals surface area contributed by atoms with Crippen LogP contribution in [0.1, 0.15) is 29.2 Å². The van der Waals surface area contributed by atoms with Gasteiger partial charge >= 0.3 is 0 Å². The first-order chi connectivity index (χ1) is 12.4. The van der Waals surface area contributed by atoms with Crippen LogP contribution in [0.4, 0.5) is 14.6 Å². The van der Waals surface area contributed by atoms with Gasteiger partial charge in [0, 0.05) is 17.9 Å². The maximum Gasteiger partial charge on any atom is 0.226 e. The lowest BCUT2D eigenvalue weighted by Crippen LogP contribution is -2.25. The van der Waals surface area contributed by atoms with Gasteiger partial charge in [0.1, 0.15) is 5.82 Å². The molecular formula is C17H12ClF2N5O. The van der Waals surface area contributed by atoms with Gasteiger partial charge < -0.3 is 5.32 Å². The summed E-state index contributed by atoms with van der Waals surface area (Å²) in [7, 11) is 0. The Morgan fingerprint density at radius 1 is 1.19 bits per heavy atom. The molecule has 0 spiro atoms. The Morgan fingerprint density at radius 3 is 2.69 bits per heavy atom. The number of aromatic nitrogens is 4. The zero-order valence-corrected chi connectivity index (χ0v) is 14.3. The molecule has 0 saturated carbocycles. The number of halogens is 3. The number of carbonyl (C=O) groups is 1. The molecule has 1 aromatic carbocycles. The number of hydrogen-bond donors (Lipinski definition) is 1. The number of anilines is 1. The average Bonchev–Trinajstić information content (AvgIpc) is 2.94. The fourth-order valence-corrected chi connectivity index (χ4v) is 3.25. The second-order valence-corrected chi connectivity index (χ2v) is 6.34. The van der Waals surface area contributed by atoms with Gasteiger partial charge in [-0.25, -0.2) is 8.78 Å².